The summed E-state index contributed by atoms with van der Waals surface area (Å²) in [4.78, 5) is 28.1. The fourth-order valence-electron chi connectivity index (χ4n) is 4.06. The van der Waals surface area contributed by atoms with Crippen LogP contribution >= 0.6 is 39.1 Å². The maximum Gasteiger partial charge on any atom is 0.261 e. The number of benzene rings is 2. The molecule has 1 saturated carbocycles. The number of hydrogen-bond acceptors (Lipinski definition) is 3. The Morgan fingerprint density at radius 2 is 1.91 bits per heavy atom. The second kappa shape index (κ2) is 12.1. The van der Waals surface area contributed by atoms with Crippen LogP contribution in [0.25, 0.3) is 0 Å². The monoisotopic (exact) mass is 554 g/mol. The lowest BCUT2D eigenvalue weighted by molar-refractivity contribution is -0.143. The van der Waals surface area contributed by atoms with Crippen LogP contribution in [0.15, 0.2) is 40.9 Å². The van der Waals surface area contributed by atoms with Crippen molar-refractivity contribution in [2.45, 2.75) is 64.6 Å². The highest BCUT2D eigenvalue weighted by atomic mass is 79.9. The van der Waals surface area contributed by atoms with E-state index in [1.807, 2.05) is 26.0 Å². The van der Waals surface area contributed by atoms with Crippen molar-refractivity contribution in [1.82, 2.24) is 10.2 Å². The van der Waals surface area contributed by atoms with Gasteiger partial charge in [-0.15, -0.1) is 0 Å². The van der Waals surface area contributed by atoms with Crippen molar-refractivity contribution >= 4 is 50.9 Å². The van der Waals surface area contributed by atoms with Crippen LogP contribution in [-0.2, 0) is 16.1 Å². The number of ether oxygens (including phenoxy) is 1. The smallest absolute Gasteiger partial charge is 0.261 e. The summed E-state index contributed by atoms with van der Waals surface area (Å²) in [6.45, 7) is 3.86. The summed E-state index contributed by atoms with van der Waals surface area (Å²) in [6.07, 6.45) is 4.67. The Morgan fingerprint density at radius 1 is 1.18 bits per heavy atom. The zero-order chi connectivity index (χ0) is 24.0. The average molecular weight is 556 g/mol. The molecule has 0 heterocycles. The zero-order valence-corrected chi connectivity index (χ0v) is 22.0. The third-order valence-corrected chi connectivity index (χ3v) is 7.41. The summed E-state index contributed by atoms with van der Waals surface area (Å²) in [7, 11) is 0. The van der Waals surface area contributed by atoms with Crippen LogP contribution in [-0.4, -0.2) is 35.4 Å². The molecule has 2 aromatic rings. The number of aryl methyl sites for hydroxylation is 1. The molecule has 0 bridgehead atoms. The van der Waals surface area contributed by atoms with E-state index in [0.717, 1.165) is 41.3 Å². The van der Waals surface area contributed by atoms with Gasteiger partial charge < -0.3 is 15.0 Å². The normalized spacial score (nSPS) is 14.7. The Kier molecular flexibility index (Phi) is 9.47. The molecule has 2 amide bonds. The molecule has 1 aliphatic carbocycles. The third-order valence-electron chi connectivity index (χ3n) is 5.93. The van der Waals surface area contributed by atoms with Crippen molar-refractivity contribution in [1.29, 1.82) is 0 Å². The van der Waals surface area contributed by atoms with E-state index in [1.165, 1.54) is 0 Å². The molecule has 8 heteroatoms. The minimum atomic E-state index is -0.625. The second-order valence-corrected chi connectivity index (χ2v) is 10.1. The third kappa shape index (κ3) is 7.11. The van der Waals surface area contributed by atoms with Crippen LogP contribution in [0, 0.1) is 6.92 Å². The van der Waals surface area contributed by atoms with Gasteiger partial charge >= 0.3 is 0 Å². The minimum absolute atomic E-state index is 0.137. The first-order valence-corrected chi connectivity index (χ1v) is 12.8. The van der Waals surface area contributed by atoms with Crippen LogP contribution in [0.3, 0.4) is 0 Å². The van der Waals surface area contributed by atoms with E-state index >= 15 is 0 Å². The Labute approximate surface area is 213 Å². The molecule has 0 spiro atoms. The van der Waals surface area contributed by atoms with Crippen LogP contribution < -0.4 is 10.1 Å². The van der Waals surface area contributed by atoms with Crippen LogP contribution in [0.1, 0.15) is 50.2 Å². The van der Waals surface area contributed by atoms with E-state index in [1.54, 1.807) is 29.2 Å². The van der Waals surface area contributed by atoms with E-state index in [9.17, 15) is 9.59 Å². The van der Waals surface area contributed by atoms with Crippen LogP contribution in [0.5, 0.6) is 5.75 Å². The number of amides is 2. The van der Waals surface area contributed by atoms with E-state index in [-0.39, 0.29) is 31.0 Å². The number of carbonyl (C=O) groups is 2. The van der Waals surface area contributed by atoms with Gasteiger partial charge in [-0.2, -0.15) is 0 Å². The second-order valence-electron chi connectivity index (χ2n) is 8.37. The highest BCUT2D eigenvalue weighted by Gasteiger charge is 2.31. The highest BCUT2D eigenvalue weighted by Crippen LogP contribution is 2.25. The van der Waals surface area contributed by atoms with Gasteiger partial charge in [0.2, 0.25) is 5.91 Å². The van der Waals surface area contributed by atoms with Crippen molar-refractivity contribution in [2.75, 3.05) is 6.61 Å². The molecular weight excluding hydrogens is 527 g/mol. The Balaban J connectivity index is 1.79. The number of nitrogens with zero attached hydrogens (tertiary/aromatic N) is 1. The van der Waals surface area contributed by atoms with Crippen molar-refractivity contribution in [2.24, 2.45) is 0 Å². The molecule has 1 fully saturated rings. The maximum absolute atomic E-state index is 13.3. The van der Waals surface area contributed by atoms with Crippen molar-refractivity contribution in [3.63, 3.8) is 0 Å². The van der Waals surface area contributed by atoms with Gasteiger partial charge in [-0.3, -0.25) is 9.59 Å². The lowest BCUT2D eigenvalue weighted by Gasteiger charge is -2.31. The van der Waals surface area contributed by atoms with Crippen LogP contribution in [0.2, 0.25) is 10.0 Å². The lowest BCUT2D eigenvalue weighted by atomic mass is 10.1. The molecule has 0 saturated heterocycles. The predicted molar refractivity (Wildman–Crippen MR) is 136 cm³/mol. The fraction of sp³-hybridized carbons (Fsp3) is 0.440. The van der Waals surface area contributed by atoms with Gasteiger partial charge in [-0.25, -0.2) is 0 Å². The van der Waals surface area contributed by atoms with Gasteiger partial charge in [-0.1, -0.05) is 65.0 Å². The molecule has 0 unspecified atom stereocenters. The number of hydrogen-bond donors (Lipinski definition) is 1. The van der Waals surface area contributed by atoms with Crippen molar-refractivity contribution < 1.29 is 14.3 Å². The Morgan fingerprint density at radius 3 is 2.55 bits per heavy atom. The summed E-state index contributed by atoms with van der Waals surface area (Å²) >= 11 is 15.9. The SMILES string of the molecule is CC[C@H](C(=O)NC1CCCC1)N(Cc1ccc(Cl)cc1Cl)C(=O)COc1ccc(Br)c(C)c1. The molecule has 0 aromatic heterocycles. The summed E-state index contributed by atoms with van der Waals surface area (Å²) in [6, 6.07) is 10.2. The van der Waals surface area contributed by atoms with Crippen molar-refractivity contribution in [3.8, 4) is 5.75 Å². The van der Waals surface area contributed by atoms with E-state index < -0.39 is 6.04 Å². The van der Waals surface area contributed by atoms with Crippen molar-refractivity contribution in [3.05, 3.63) is 62.0 Å². The summed E-state index contributed by atoms with van der Waals surface area (Å²) in [5, 5.41) is 4.10. The Bertz CT molecular complexity index is 996. The lowest BCUT2D eigenvalue weighted by Crippen LogP contribution is -2.52. The molecule has 178 valence electrons. The van der Waals surface area contributed by atoms with E-state index in [0.29, 0.717) is 22.2 Å². The summed E-state index contributed by atoms with van der Waals surface area (Å²) < 4.78 is 6.75. The number of halogens is 3. The number of carbonyl (C=O) groups excluding carboxylic acids is 2. The first-order valence-electron chi connectivity index (χ1n) is 11.2. The molecule has 1 N–H and O–H groups in total. The number of rotatable bonds is 9. The largest absolute Gasteiger partial charge is 0.484 e. The van der Waals surface area contributed by atoms with E-state index in [4.69, 9.17) is 27.9 Å². The first-order chi connectivity index (χ1) is 15.8. The molecular formula is C25H29BrCl2N2O3. The summed E-state index contributed by atoms with van der Waals surface area (Å²) in [5.74, 6) is 0.175. The molecule has 0 aliphatic heterocycles. The highest BCUT2D eigenvalue weighted by molar-refractivity contribution is 9.10. The molecule has 5 nitrogen and oxygen atoms in total. The fourth-order valence-corrected chi connectivity index (χ4v) is 4.77. The van der Waals surface area contributed by atoms with Gasteiger partial charge in [0.05, 0.1) is 0 Å². The zero-order valence-electron chi connectivity index (χ0n) is 18.9. The van der Waals surface area contributed by atoms with Gasteiger partial charge in [0.25, 0.3) is 5.91 Å². The summed E-state index contributed by atoms with van der Waals surface area (Å²) in [5.41, 5.74) is 1.73. The average Bonchev–Trinajstić information content (AvgIpc) is 3.28. The quantitative estimate of drug-likeness (QED) is 0.394. The van der Waals surface area contributed by atoms with Gasteiger partial charge in [0, 0.05) is 27.1 Å². The molecule has 2 aromatic carbocycles. The molecule has 3 rings (SSSR count). The molecule has 1 atom stereocenters. The standard InChI is InChI=1S/C25H29BrCl2N2O3/c1-3-23(25(32)29-19-6-4-5-7-19)30(14-17-8-9-18(27)13-22(17)28)24(31)15-33-20-10-11-21(26)16(2)12-20/h8-13,19,23H,3-7,14-15H2,1-2H3,(H,29,32)/t23-/m1/s1. The number of nitrogens with one attached hydrogen (secondary N) is 1. The molecule has 1 aliphatic rings. The van der Waals surface area contributed by atoms with Gasteiger partial charge in [-0.05, 0) is 67.6 Å². The maximum atomic E-state index is 13.3. The predicted octanol–water partition coefficient (Wildman–Crippen LogP) is 6.31. The van der Waals surface area contributed by atoms with Gasteiger partial charge in [0.1, 0.15) is 11.8 Å². The van der Waals surface area contributed by atoms with E-state index in [2.05, 4.69) is 21.2 Å². The Hall–Kier alpha value is -1.76. The topological polar surface area (TPSA) is 58.6 Å². The minimum Gasteiger partial charge on any atom is -0.484 e. The first kappa shape index (κ1) is 25.9. The molecule has 0 radical (unpaired) electrons. The van der Waals surface area contributed by atoms with Crippen LogP contribution in [0.4, 0.5) is 0 Å². The molecule has 33 heavy (non-hydrogen) atoms. The van der Waals surface area contributed by atoms with Gasteiger partial charge in [0.15, 0.2) is 6.61 Å².